The number of benzene rings is 2. The highest BCUT2D eigenvalue weighted by Crippen LogP contribution is 2.26. The first kappa shape index (κ1) is 18.3. The van der Waals surface area contributed by atoms with Crippen molar-refractivity contribution in [3.05, 3.63) is 59.7 Å². The Morgan fingerprint density at radius 3 is 2.50 bits per heavy atom. The second-order valence-corrected chi connectivity index (χ2v) is 7.28. The third-order valence-electron chi connectivity index (χ3n) is 5.68. The Hall–Kier alpha value is -3.02. The van der Waals surface area contributed by atoms with E-state index >= 15 is 0 Å². The van der Waals surface area contributed by atoms with Crippen molar-refractivity contribution in [1.29, 1.82) is 0 Å². The number of ether oxygens (including phenoxy) is 1. The van der Waals surface area contributed by atoms with Crippen LogP contribution in [0.1, 0.15) is 22.8 Å². The molecule has 2 heterocycles. The Bertz CT molecular complexity index is 890. The second-order valence-electron chi connectivity index (χ2n) is 7.28. The number of rotatable bonds is 4. The van der Waals surface area contributed by atoms with Crippen molar-refractivity contribution in [2.45, 2.75) is 19.5 Å². The number of hydrogen-bond donors (Lipinski definition) is 0. The molecule has 4 rings (SSSR count). The van der Waals surface area contributed by atoms with Gasteiger partial charge in [-0.15, -0.1) is 0 Å². The van der Waals surface area contributed by atoms with Crippen LogP contribution < -0.4 is 9.64 Å². The maximum Gasteiger partial charge on any atom is 0.255 e. The summed E-state index contributed by atoms with van der Waals surface area (Å²) in [6.07, 6.45) is 0. The highest BCUT2D eigenvalue weighted by atomic mass is 16.5. The normalized spacial score (nSPS) is 17.5. The average molecular weight is 379 g/mol. The lowest BCUT2D eigenvalue weighted by molar-refractivity contribution is -0.136. The van der Waals surface area contributed by atoms with Crippen molar-refractivity contribution < 1.29 is 14.3 Å². The van der Waals surface area contributed by atoms with Gasteiger partial charge in [0.1, 0.15) is 11.8 Å². The summed E-state index contributed by atoms with van der Waals surface area (Å²) in [6.45, 7) is 5.16. The molecular formula is C22H25N3O3. The summed E-state index contributed by atoms with van der Waals surface area (Å²) in [4.78, 5) is 31.5. The summed E-state index contributed by atoms with van der Waals surface area (Å²) < 4.78 is 5.30. The van der Waals surface area contributed by atoms with Crippen LogP contribution in [0.2, 0.25) is 0 Å². The van der Waals surface area contributed by atoms with Crippen molar-refractivity contribution >= 4 is 17.5 Å². The van der Waals surface area contributed by atoms with Crippen LogP contribution in [0.3, 0.4) is 0 Å². The molecule has 0 radical (unpaired) electrons. The second kappa shape index (κ2) is 7.54. The topological polar surface area (TPSA) is 53.1 Å². The number of carbonyl (C=O) groups is 2. The molecule has 28 heavy (non-hydrogen) atoms. The SMILES string of the molecule is COc1cccc(N2CCN(C(=O)[C@H](C)N3Cc4ccccc4C3=O)CC2)c1. The highest BCUT2D eigenvalue weighted by Gasteiger charge is 2.36. The number of hydrogen-bond acceptors (Lipinski definition) is 4. The Kier molecular flexibility index (Phi) is 4.94. The molecule has 0 aliphatic carbocycles. The Morgan fingerprint density at radius 1 is 1.04 bits per heavy atom. The van der Waals surface area contributed by atoms with Crippen LogP contribution in [0.5, 0.6) is 5.75 Å². The average Bonchev–Trinajstić information content (AvgIpc) is 3.09. The highest BCUT2D eigenvalue weighted by molar-refractivity contribution is 6.01. The summed E-state index contributed by atoms with van der Waals surface area (Å²) in [5, 5.41) is 0. The first-order valence-corrected chi connectivity index (χ1v) is 9.65. The van der Waals surface area contributed by atoms with Crippen LogP contribution in [0.4, 0.5) is 5.69 Å². The molecule has 0 saturated carbocycles. The van der Waals surface area contributed by atoms with Crippen LogP contribution in [0.25, 0.3) is 0 Å². The maximum absolute atomic E-state index is 13.0. The standard InChI is InChI=1S/C22H25N3O3/c1-16(25-15-17-6-3-4-9-20(17)22(25)27)21(26)24-12-10-23(11-13-24)18-7-5-8-19(14-18)28-2/h3-9,14,16H,10-13,15H2,1-2H3/t16-/m0/s1. The molecule has 0 aromatic heterocycles. The fourth-order valence-corrected chi connectivity index (χ4v) is 3.98. The van der Waals surface area contributed by atoms with E-state index in [1.54, 1.807) is 12.0 Å². The molecule has 1 saturated heterocycles. The zero-order valence-corrected chi connectivity index (χ0v) is 16.3. The van der Waals surface area contributed by atoms with Gasteiger partial charge in [0, 0.05) is 50.0 Å². The molecule has 2 aromatic carbocycles. The first-order chi connectivity index (χ1) is 13.6. The fraction of sp³-hybridized carbons (Fsp3) is 0.364. The summed E-state index contributed by atoms with van der Waals surface area (Å²) in [5.74, 6) is 0.801. The molecule has 2 amide bonds. The number of anilines is 1. The van der Waals surface area contributed by atoms with E-state index in [2.05, 4.69) is 11.0 Å². The van der Waals surface area contributed by atoms with E-state index in [9.17, 15) is 9.59 Å². The molecule has 1 atom stereocenters. The quantitative estimate of drug-likeness (QED) is 0.819. The predicted molar refractivity (Wildman–Crippen MR) is 108 cm³/mol. The molecule has 2 aromatic rings. The maximum atomic E-state index is 13.0. The number of carbonyl (C=O) groups excluding carboxylic acids is 2. The number of piperazine rings is 1. The van der Waals surface area contributed by atoms with Crippen molar-refractivity contribution in [1.82, 2.24) is 9.80 Å². The summed E-state index contributed by atoms with van der Waals surface area (Å²) in [6, 6.07) is 15.1. The first-order valence-electron chi connectivity index (χ1n) is 9.65. The molecular weight excluding hydrogens is 354 g/mol. The molecule has 1 fully saturated rings. The minimum Gasteiger partial charge on any atom is -0.497 e. The number of fused-ring (bicyclic) bond motifs is 1. The molecule has 6 nitrogen and oxygen atoms in total. The largest absolute Gasteiger partial charge is 0.497 e. The summed E-state index contributed by atoms with van der Waals surface area (Å²) in [5.41, 5.74) is 2.81. The molecule has 146 valence electrons. The van der Waals surface area contributed by atoms with Crippen molar-refractivity contribution in [3.63, 3.8) is 0 Å². The zero-order chi connectivity index (χ0) is 19.7. The zero-order valence-electron chi connectivity index (χ0n) is 16.3. The van der Waals surface area contributed by atoms with Crippen LogP contribution >= 0.6 is 0 Å². The van der Waals surface area contributed by atoms with E-state index in [-0.39, 0.29) is 11.8 Å². The van der Waals surface area contributed by atoms with Crippen molar-refractivity contribution in [3.8, 4) is 5.75 Å². The molecule has 0 bridgehead atoms. The molecule has 6 heteroatoms. The molecule has 2 aliphatic rings. The van der Waals surface area contributed by atoms with E-state index in [0.29, 0.717) is 25.2 Å². The molecule has 0 unspecified atom stereocenters. The summed E-state index contributed by atoms with van der Waals surface area (Å²) >= 11 is 0. The minimum atomic E-state index is -0.455. The van der Waals surface area contributed by atoms with Gasteiger partial charge >= 0.3 is 0 Å². The van der Waals surface area contributed by atoms with E-state index in [1.165, 1.54) is 0 Å². The van der Waals surface area contributed by atoms with Crippen molar-refractivity contribution in [2.24, 2.45) is 0 Å². The minimum absolute atomic E-state index is 0.0199. The van der Waals surface area contributed by atoms with Gasteiger partial charge in [-0.05, 0) is 30.7 Å². The Morgan fingerprint density at radius 2 is 1.79 bits per heavy atom. The molecule has 0 N–H and O–H groups in total. The van der Waals surface area contributed by atoms with Gasteiger partial charge in [-0.1, -0.05) is 24.3 Å². The molecule has 0 spiro atoms. The smallest absolute Gasteiger partial charge is 0.255 e. The van der Waals surface area contributed by atoms with Gasteiger partial charge in [0.2, 0.25) is 5.91 Å². The lowest BCUT2D eigenvalue weighted by Gasteiger charge is -2.38. The number of methoxy groups -OCH3 is 1. The van der Waals surface area contributed by atoms with Crippen molar-refractivity contribution in [2.75, 3.05) is 38.2 Å². The van der Waals surface area contributed by atoms with Gasteiger partial charge in [0.05, 0.1) is 7.11 Å². The predicted octanol–water partition coefficient (Wildman–Crippen LogP) is 2.39. The molecule has 2 aliphatic heterocycles. The van der Waals surface area contributed by atoms with Crippen LogP contribution in [-0.2, 0) is 11.3 Å². The van der Waals surface area contributed by atoms with Gasteiger partial charge in [-0.2, -0.15) is 0 Å². The van der Waals surface area contributed by atoms with Crippen LogP contribution in [-0.4, -0.2) is 60.9 Å². The van der Waals surface area contributed by atoms with Gasteiger partial charge in [0.25, 0.3) is 5.91 Å². The van der Waals surface area contributed by atoms with E-state index < -0.39 is 6.04 Å². The Labute approximate surface area is 165 Å². The third-order valence-corrected chi connectivity index (χ3v) is 5.68. The third kappa shape index (κ3) is 3.30. The Balaban J connectivity index is 1.38. The lowest BCUT2D eigenvalue weighted by atomic mass is 10.1. The van der Waals surface area contributed by atoms with Crippen LogP contribution in [0.15, 0.2) is 48.5 Å². The number of amides is 2. The van der Waals surface area contributed by atoms with Crippen LogP contribution in [0, 0.1) is 0 Å². The van der Waals surface area contributed by atoms with Gasteiger partial charge in [0.15, 0.2) is 0 Å². The monoisotopic (exact) mass is 379 g/mol. The lowest BCUT2D eigenvalue weighted by Crippen LogP contribution is -2.54. The fourth-order valence-electron chi connectivity index (χ4n) is 3.98. The van der Waals surface area contributed by atoms with E-state index in [0.717, 1.165) is 30.1 Å². The van der Waals surface area contributed by atoms with Gasteiger partial charge in [-0.25, -0.2) is 0 Å². The van der Waals surface area contributed by atoms with Gasteiger partial charge in [-0.3, -0.25) is 9.59 Å². The van der Waals surface area contributed by atoms with E-state index in [1.807, 2.05) is 54.3 Å². The number of nitrogens with zero attached hydrogens (tertiary/aromatic N) is 3. The van der Waals surface area contributed by atoms with E-state index in [4.69, 9.17) is 4.74 Å². The summed E-state index contributed by atoms with van der Waals surface area (Å²) in [7, 11) is 1.66. The van der Waals surface area contributed by atoms with Gasteiger partial charge < -0.3 is 19.4 Å².